The first-order valence-corrected chi connectivity index (χ1v) is 4.69. The lowest BCUT2D eigenvalue weighted by Gasteiger charge is -2.15. The van der Waals surface area contributed by atoms with E-state index in [1.165, 1.54) is 18.4 Å². The molecule has 82 valence electrons. The summed E-state index contributed by atoms with van der Waals surface area (Å²) in [7, 11) is 1.68. The van der Waals surface area contributed by atoms with Crippen molar-refractivity contribution in [2.45, 2.75) is 6.42 Å². The Morgan fingerprint density at radius 3 is 2.80 bits per heavy atom. The van der Waals surface area contributed by atoms with E-state index in [0.717, 1.165) is 6.42 Å². The molecule has 5 heteroatoms. The van der Waals surface area contributed by atoms with Gasteiger partial charge in [0.15, 0.2) is 0 Å². The van der Waals surface area contributed by atoms with Gasteiger partial charge in [-0.15, -0.1) is 0 Å². The van der Waals surface area contributed by atoms with Crippen LogP contribution in [0.4, 0.5) is 0 Å². The molecule has 0 aromatic carbocycles. The van der Waals surface area contributed by atoms with Gasteiger partial charge in [-0.1, -0.05) is 0 Å². The van der Waals surface area contributed by atoms with Gasteiger partial charge < -0.3 is 15.1 Å². The fourth-order valence-corrected chi connectivity index (χ4v) is 1.13. The summed E-state index contributed by atoms with van der Waals surface area (Å²) in [5.41, 5.74) is 5.25. The zero-order chi connectivity index (χ0) is 11.3. The second kappa shape index (κ2) is 5.31. The molecule has 0 atom stereocenters. The monoisotopic (exact) mass is 210 g/mol. The van der Waals surface area contributed by atoms with Gasteiger partial charge in [-0.2, -0.15) is 0 Å². The van der Waals surface area contributed by atoms with Crippen LogP contribution in [-0.2, 0) is 0 Å². The molecule has 1 heterocycles. The quantitative estimate of drug-likeness (QED) is 0.762. The largest absolute Gasteiger partial charge is 0.430 e. The minimum atomic E-state index is -0.462. The summed E-state index contributed by atoms with van der Waals surface area (Å²) in [6.07, 6.45) is 1.92. The smallest absolute Gasteiger partial charge is 0.335 e. The van der Waals surface area contributed by atoms with Crippen LogP contribution in [0.15, 0.2) is 27.6 Å². The molecule has 1 rings (SSSR count). The molecule has 0 spiro atoms. The van der Waals surface area contributed by atoms with Gasteiger partial charge in [0, 0.05) is 19.7 Å². The highest BCUT2D eigenvalue weighted by Gasteiger charge is 2.11. The van der Waals surface area contributed by atoms with Gasteiger partial charge in [0.05, 0.1) is 5.56 Å². The first kappa shape index (κ1) is 11.5. The normalized spacial score (nSPS) is 10.0. The van der Waals surface area contributed by atoms with Crippen LogP contribution in [0.2, 0.25) is 0 Å². The molecule has 0 aliphatic carbocycles. The average molecular weight is 210 g/mol. The van der Waals surface area contributed by atoms with Crippen molar-refractivity contribution in [3.63, 3.8) is 0 Å². The summed E-state index contributed by atoms with van der Waals surface area (Å²) in [6, 6.07) is 2.68. The van der Waals surface area contributed by atoms with Gasteiger partial charge in [0.2, 0.25) is 0 Å². The number of rotatable bonds is 4. The molecule has 1 amide bonds. The first-order valence-electron chi connectivity index (χ1n) is 4.69. The maximum absolute atomic E-state index is 11.7. The number of amides is 1. The van der Waals surface area contributed by atoms with Crippen molar-refractivity contribution in [2.75, 3.05) is 20.1 Å². The van der Waals surface area contributed by atoms with E-state index in [1.807, 2.05) is 0 Å². The second-order valence-electron chi connectivity index (χ2n) is 3.21. The summed E-state index contributed by atoms with van der Waals surface area (Å²) in [5, 5.41) is 0. The molecule has 5 nitrogen and oxygen atoms in total. The van der Waals surface area contributed by atoms with E-state index >= 15 is 0 Å². The fraction of sp³-hybridized carbons (Fsp3) is 0.400. The minimum absolute atomic E-state index is 0.174. The summed E-state index contributed by atoms with van der Waals surface area (Å²) in [5.74, 6) is -0.174. The number of nitrogens with two attached hydrogens (primary N) is 1. The number of hydrogen-bond donors (Lipinski definition) is 1. The zero-order valence-electron chi connectivity index (χ0n) is 8.60. The Bertz CT molecular complexity index is 366. The van der Waals surface area contributed by atoms with E-state index in [4.69, 9.17) is 5.73 Å². The van der Waals surface area contributed by atoms with E-state index < -0.39 is 5.63 Å². The molecule has 0 aliphatic heterocycles. The van der Waals surface area contributed by atoms with Crippen LogP contribution in [0.3, 0.4) is 0 Å². The van der Waals surface area contributed by atoms with Crippen LogP contribution >= 0.6 is 0 Å². The van der Waals surface area contributed by atoms with Crippen molar-refractivity contribution in [1.29, 1.82) is 0 Å². The SMILES string of the molecule is CN(CCCN)C(=O)c1ccc(=O)oc1. The summed E-state index contributed by atoms with van der Waals surface area (Å²) >= 11 is 0. The summed E-state index contributed by atoms with van der Waals surface area (Å²) in [4.78, 5) is 23.9. The third-order valence-corrected chi connectivity index (χ3v) is 1.99. The van der Waals surface area contributed by atoms with Crippen molar-refractivity contribution >= 4 is 5.91 Å². The molecule has 0 saturated heterocycles. The van der Waals surface area contributed by atoms with Crippen LogP contribution in [0.5, 0.6) is 0 Å². The Kier molecular flexibility index (Phi) is 4.05. The van der Waals surface area contributed by atoms with Crippen LogP contribution in [0, 0.1) is 0 Å². The van der Waals surface area contributed by atoms with E-state index in [9.17, 15) is 9.59 Å². The number of hydrogen-bond acceptors (Lipinski definition) is 4. The molecule has 15 heavy (non-hydrogen) atoms. The summed E-state index contributed by atoms with van der Waals surface area (Å²) < 4.78 is 4.61. The van der Waals surface area contributed by atoms with E-state index in [1.54, 1.807) is 11.9 Å². The predicted octanol–water partition coefficient (Wildman–Crippen LogP) is 0.0606. The Morgan fingerprint density at radius 2 is 2.27 bits per heavy atom. The molecular weight excluding hydrogens is 196 g/mol. The molecule has 0 fully saturated rings. The van der Waals surface area contributed by atoms with Gasteiger partial charge in [-0.25, -0.2) is 4.79 Å². The highest BCUT2D eigenvalue weighted by atomic mass is 16.4. The number of carbonyl (C=O) groups is 1. The molecule has 0 radical (unpaired) electrons. The Balaban J connectivity index is 2.67. The predicted molar refractivity (Wildman–Crippen MR) is 55.6 cm³/mol. The van der Waals surface area contributed by atoms with Crippen molar-refractivity contribution in [2.24, 2.45) is 5.73 Å². The second-order valence-corrected chi connectivity index (χ2v) is 3.21. The van der Waals surface area contributed by atoms with Gasteiger partial charge in [-0.3, -0.25) is 4.79 Å². The standard InChI is InChI=1S/C10H14N2O3/c1-12(6-2-5-11)10(14)8-3-4-9(13)15-7-8/h3-4,7H,2,5-6,11H2,1H3. The van der Waals surface area contributed by atoms with Crippen LogP contribution in [0.25, 0.3) is 0 Å². The topological polar surface area (TPSA) is 76.5 Å². The van der Waals surface area contributed by atoms with Crippen LogP contribution in [-0.4, -0.2) is 30.9 Å². The lowest BCUT2D eigenvalue weighted by molar-refractivity contribution is 0.0791. The summed E-state index contributed by atoms with van der Waals surface area (Å²) in [6.45, 7) is 1.13. The molecular formula is C10H14N2O3. The van der Waals surface area contributed by atoms with Crippen molar-refractivity contribution < 1.29 is 9.21 Å². The van der Waals surface area contributed by atoms with Gasteiger partial charge in [0.1, 0.15) is 6.26 Å². The van der Waals surface area contributed by atoms with Gasteiger partial charge in [0.25, 0.3) is 5.91 Å². The maximum atomic E-state index is 11.7. The minimum Gasteiger partial charge on any atom is -0.430 e. The average Bonchev–Trinajstić information content (AvgIpc) is 2.26. The maximum Gasteiger partial charge on any atom is 0.335 e. The number of carbonyl (C=O) groups excluding carboxylic acids is 1. The number of nitrogens with zero attached hydrogens (tertiary/aromatic N) is 1. The van der Waals surface area contributed by atoms with Crippen LogP contribution < -0.4 is 11.4 Å². The zero-order valence-corrected chi connectivity index (χ0v) is 8.60. The molecule has 0 aliphatic rings. The lowest BCUT2D eigenvalue weighted by Crippen LogP contribution is -2.29. The van der Waals surface area contributed by atoms with E-state index in [-0.39, 0.29) is 5.91 Å². The van der Waals surface area contributed by atoms with Crippen molar-refractivity contribution in [1.82, 2.24) is 4.90 Å². The van der Waals surface area contributed by atoms with E-state index in [0.29, 0.717) is 18.7 Å². The Labute approximate surface area is 87.5 Å². The van der Waals surface area contributed by atoms with Crippen molar-refractivity contribution in [3.8, 4) is 0 Å². The Morgan fingerprint density at radius 1 is 1.53 bits per heavy atom. The first-order chi connectivity index (χ1) is 7.15. The van der Waals surface area contributed by atoms with Crippen LogP contribution in [0.1, 0.15) is 16.8 Å². The van der Waals surface area contributed by atoms with Gasteiger partial charge in [-0.05, 0) is 19.0 Å². The third-order valence-electron chi connectivity index (χ3n) is 1.99. The van der Waals surface area contributed by atoms with E-state index in [2.05, 4.69) is 4.42 Å². The van der Waals surface area contributed by atoms with Crippen molar-refractivity contribution in [3.05, 3.63) is 34.4 Å². The Hall–Kier alpha value is -1.62. The fourth-order valence-electron chi connectivity index (χ4n) is 1.13. The highest BCUT2D eigenvalue weighted by Crippen LogP contribution is 2.01. The van der Waals surface area contributed by atoms with Gasteiger partial charge >= 0.3 is 5.63 Å². The molecule has 1 aromatic rings. The highest BCUT2D eigenvalue weighted by molar-refractivity contribution is 5.93. The lowest BCUT2D eigenvalue weighted by atomic mass is 10.2. The molecule has 0 bridgehead atoms. The molecule has 1 aromatic heterocycles. The molecule has 2 N–H and O–H groups in total. The third kappa shape index (κ3) is 3.21. The molecule has 0 saturated carbocycles. The molecule has 0 unspecified atom stereocenters.